The summed E-state index contributed by atoms with van der Waals surface area (Å²) < 4.78 is 0. The zero-order chi connectivity index (χ0) is 8.97. The number of carbonyl (C=O) groups excluding carboxylic acids is 2. The average Bonchev–Trinajstić information content (AvgIpc) is 1.97. The number of amides is 3. The Morgan fingerprint density at radius 2 is 2.08 bits per heavy atom. The van der Waals surface area contributed by atoms with Crippen molar-refractivity contribution in [1.82, 2.24) is 15.5 Å². The summed E-state index contributed by atoms with van der Waals surface area (Å²) in [4.78, 5) is 23.6. The van der Waals surface area contributed by atoms with Crippen LogP contribution in [0.3, 0.4) is 0 Å². The Morgan fingerprint density at radius 3 is 2.50 bits per heavy atom. The Morgan fingerprint density at radius 1 is 1.42 bits per heavy atom. The van der Waals surface area contributed by atoms with E-state index in [9.17, 15) is 9.59 Å². The first-order chi connectivity index (χ1) is 5.72. The van der Waals surface area contributed by atoms with E-state index in [-0.39, 0.29) is 5.91 Å². The lowest BCUT2D eigenvalue weighted by Crippen LogP contribution is -2.47. The van der Waals surface area contributed by atoms with Crippen LogP contribution >= 0.6 is 0 Å². The third-order valence-electron chi connectivity index (χ3n) is 1.80. The zero-order valence-electron chi connectivity index (χ0n) is 7.09. The van der Waals surface area contributed by atoms with Gasteiger partial charge in [-0.15, -0.1) is 0 Å². The molecule has 0 saturated carbocycles. The molecule has 2 N–H and O–H groups in total. The quantitative estimate of drug-likeness (QED) is 0.568. The van der Waals surface area contributed by atoms with E-state index in [2.05, 4.69) is 10.6 Å². The predicted molar refractivity (Wildman–Crippen MR) is 43.7 cm³/mol. The van der Waals surface area contributed by atoms with Gasteiger partial charge in [0.1, 0.15) is 0 Å². The number of nitrogens with zero attached hydrogens (tertiary/aromatic N) is 1. The van der Waals surface area contributed by atoms with Gasteiger partial charge >= 0.3 is 6.03 Å². The first-order valence-electron chi connectivity index (χ1n) is 3.96. The van der Waals surface area contributed by atoms with E-state index in [0.29, 0.717) is 6.54 Å². The molecule has 1 rings (SSSR count). The molecular formula is C7H13N3O2. The molecule has 3 amide bonds. The number of urea groups is 1. The topological polar surface area (TPSA) is 61.4 Å². The average molecular weight is 171 g/mol. The van der Waals surface area contributed by atoms with Gasteiger partial charge in [-0.1, -0.05) is 0 Å². The number of hydrogen-bond acceptors (Lipinski definition) is 3. The maximum atomic E-state index is 11.0. The molecule has 0 bridgehead atoms. The molecule has 0 aliphatic carbocycles. The molecule has 5 heteroatoms. The fourth-order valence-electron chi connectivity index (χ4n) is 0.972. The third kappa shape index (κ3) is 2.50. The van der Waals surface area contributed by atoms with Crippen molar-refractivity contribution in [2.24, 2.45) is 0 Å². The maximum Gasteiger partial charge on any atom is 0.321 e. The molecule has 1 aliphatic heterocycles. The summed E-state index contributed by atoms with van der Waals surface area (Å²) in [5.74, 6) is -0.242. The Hall–Kier alpha value is -1.10. The Bertz CT molecular complexity index is 189. The number of rotatable bonds is 2. The number of hydrogen-bond donors (Lipinski definition) is 2. The van der Waals surface area contributed by atoms with Crippen molar-refractivity contribution in [1.29, 1.82) is 0 Å². The van der Waals surface area contributed by atoms with Crippen LogP contribution in [0.25, 0.3) is 0 Å². The highest BCUT2D eigenvalue weighted by molar-refractivity contribution is 5.95. The van der Waals surface area contributed by atoms with Crippen LogP contribution in [-0.4, -0.2) is 43.5 Å². The van der Waals surface area contributed by atoms with Crippen LogP contribution in [0.4, 0.5) is 4.79 Å². The van der Waals surface area contributed by atoms with Crippen molar-refractivity contribution in [3.05, 3.63) is 0 Å². The highest BCUT2D eigenvalue weighted by Crippen LogP contribution is 2.03. The third-order valence-corrected chi connectivity index (χ3v) is 1.80. The fraction of sp³-hybridized carbons (Fsp3) is 0.714. The van der Waals surface area contributed by atoms with E-state index in [0.717, 1.165) is 19.5 Å². The first kappa shape index (κ1) is 8.99. The van der Waals surface area contributed by atoms with Crippen LogP contribution in [0.2, 0.25) is 0 Å². The minimum Gasteiger partial charge on any atom is -0.341 e. The molecule has 1 aliphatic rings. The molecule has 0 aromatic carbocycles. The molecular weight excluding hydrogens is 158 g/mol. The predicted octanol–water partition coefficient (Wildman–Crippen LogP) is -0.852. The molecule has 0 spiro atoms. The van der Waals surface area contributed by atoms with Gasteiger partial charge in [-0.2, -0.15) is 0 Å². The van der Waals surface area contributed by atoms with Gasteiger partial charge in [0.25, 0.3) is 0 Å². The van der Waals surface area contributed by atoms with Crippen molar-refractivity contribution in [3.63, 3.8) is 0 Å². The van der Waals surface area contributed by atoms with Crippen molar-refractivity contribution in [3.8, 4) is 0 Å². The van der Waals surface area contributed by atoms with Crippen molar-refractivity contribution in [2.75, 3.05) is 26.7 Å². The largest absolute Gasteiger partial charge is 0.341 e. The van der Waals surface area contributed by atoms with Crippen LogP contribution in [0, 0.1) is 0 Å². The number of likely N-dealkylation sites (tertiary alicyclic amines) is 1. The van der Waals surface area contributed by atoms with Gasteiger partial charge in [0.15, 0.2) is 0 Å². The highest BCUT2D eigenvalue weighted by Gasteiger charge is 2.17. The second-order valence-electron chi connectivity index (χ2n) is 2.76. The lowest BCUT2D eigenvalue weighted by molar-refractivity contribution is -0.121. The molecule has 68 valence electrons. The number of nitrogens with one attached hydrogen (secondary N) is 2. The highest BCUT2D eigenvalue weighted by atomic mass is 16.2. The van der Waals surface area contributed by atoms with Gasteiger partial charge in [-0.3, -0.25) is 15.0 Å². The second kappa shape index (κ2) is 4.06. The molecule has 0 aromatic heterocycles. The normalized spacial score (nSPS) is 16.4. The maximum absolute atomic E-state index is 11.0. The van der Waals surface area contributed by atoms with Crippen LogP contribution in [0.5, 0.6) is 0 Å². The van der Waals surface area contributed by atoms with E-state index in [4.69, 9.17) is 0 Å². The van der Waals surface area contributed by atoms with Gasteiger partial charge in [0.2, 0.25) is 5.91 Å². The molecule has 5 nitrogen and oxygen atoms in total. The van der Waals surface area contributed by atoms with Gasteiger partial charge in [0, 0.05) is 7.05 Å². The van der Waals surface area contributed by atoms with Crippen LogP contribution < -0.4 is 10.6 Å². The molecule has 1 saturated heterocycles. The van der Waals surface area contributed by atoms with Crippen molar-refractivity contribution >= 4 is 11.9 Å². The Balaban J connectivity index is 2.14. The van der Waals surface area contributed by atoms with Gasteiger partial charge in [-0.25, -0.2) is 4.79 Å². The lowest BCUT2D eigenvalue weighted by Gasteiger charge is -2.29. The summed E-state index contributed by atoms with van der Waals surface area (Å²) in [5.41, 5.74) is 0. The standard InChI is InChI=1S/C7H13N3O2/c1-8-7(12)9-6(11)5-10-3-2-4-10/h2-5H2,1H3,(H2,8,9,11,12). The minimum absolute atomic E-state index is 0.242. The molecule has 12 heavy (non-hydrogen) atoms. The smallest absolute Gasteiger partial charge is 0.321 e. The molecule has 0 aromatic rings. The van der Waals surface area contributed by atoms with Gasteiger partial charge < -0.3 is 5.32 Å². The van der Waals surface area contributed by atoms with Crippen LogP contribution in [-0.2, 0) is 4.79 Å². The van der Waals surface area contributed by atoms with Crippen molar-refractivity contribution in [2.45, 2.75) is 6.42 Å². The summed E-state index contributed by atoms with van der Waals surface area (Å²) in [6, 6.07) is -0.444. The Labute approximate surface area is 71.1 Å². The van der Waals surface area contributed by atoms with E-state index < -0.39 is 6.03 Å². The van der Waals surface area contributed by atoms with Crippen LogP contribution in [0.1, 0.15) is 6.42 Å². The SMILES string of the molecule is CNC(=O)NC(=O)CN1CCC1. The first-order valence-corrected chi connectivity index (χ1v) is 3.96. The van der Waals surface area contributed by atoms with E-state index >= 15 is 0 Å². The van der Waals surface area contributed by atoms with E-state index in [1.807, 2.05) is 4.90 Å². The lowest BCUT2D eigenvalue weighted by atomic mass is 10.2. The summed E-state index contributed by atoms with van der Waals surface area (Å²) in [6.45, 7) is 2.25. The van der Waals surface area contributed by atoms with Crippen molar-refractivity contribution < 1.29 is 9.59 Å². The molecule has 1 heterocycles. The van der Waals surface area contributed by atoms with Crippen LogP contribution in [0.15, 0.2) is 0 Å². The zero-order valence-corrected chi connectivity index (χ0v) is 7.09. The van der Waals surface area contributed by atoms with Gasteiger partial charge in [-0.05, 0) is 19.5 Å². The molecule has 0 atom stereocenters. The summed E-state index contributed by atoms with van der Waals surface area (Å²) in [7, 11) is 1.48. The van der Waals surface area contributed by atoms with E-state index in [1.165, 1.54) is 7.05 Å². The number of imide groups is 1. The molecule has 0 unspecified atom stereocenters. The number of carbonyl (C=O) groups is 2. The summed E-state index contributed by atoms with van der Waals surface area (Å²) in [5, 5.41) is 4.51. The van der Waals surface area contributed by atoms with Gasteiger partial charge in [0.05, 0.1) is 6.54 Å². The molecule has 1 fully saturated rings. The Kier molecular flexibility index (Phi) is 3.04. The van der Waals surface area contributed by atoms with E-state index in [1.54, 1.807) is 0 Å². The monoisotopic (exact) mass is 171 g/mol. The summed E-state index contributed by atoms with van der Waals surface area (Å²) in [6.07, 6.45) is 1.15. The minimum atomic E-state index is -0.444. The molecule has 0 radical (unpaired) electrons. The second-order valence-corrected chi connectivity index (χ2v) is 2.76. The fourth-order valence-corrected chi connectivity index (χ4v) is 0.972. The summed E-state index contributed by atoms with van der Waals surface area (Å²) >= 11 is 0.